The number of amides is 11. The third kappa shape index (κ3) is 35.7. The topological polar surface area (TPSA) is 365 Å². The van der Waals surface area contributed by atoms with E-state index < -0.39 is 168 Å². The molecule has 9 aromatic carbocycles. The molecule has 26 heteroatoms. The summed E-state index contributed by atoms with van der Waals surface area (Å²) >= 11 is 0. The first kappa shape index (κ1) is 117. The Morgan fingerprint density at radius 2 is 0.840 bits per heavy atom. The number of rotatable bonds is 53. The van der Waals surface area contributed by atoms with Crippen LogP contribution in [-0.4, -0.2) is 150 Å². The smallest absolute Gasteiger partial charge is 0.246 e. The molecule has 2 aliphatic rings. The number of nitrogens with zero attached hydrogens (tertiary/aromatic N) is 1. The summed E-state index contributed by atoms with van der Waals surface area (Å²) in [5.41, 5.74) is 9.44. The molecule has 26 nitrogen and oxygen atoms in total. The minimum Gasteiger partial charge on any atom is -0.494 e. The fourth-order valence-corrected chi connectivity index (χ4v) is 19.8. The minimum atomic E-state index is -1.94. The predicted octanol–water partition coefficient (Wildman–Crippen LogP) is 19.1. The molecule has 802 valence electrons. The van der Waals surface area contributed by atoms with Gasteiger partial charge in [-0.15, -0.1) is 0 Å². The van der Waals surface area contributed by atoms with Crippen molar-refractivity contribution < 1.29 is 67.0 Å². The van der Waals surface area contributed by atoms with Crippen molar-refractivity contribution in [2.24, 2.45) is 17.6 Å². The zero-order valence-corrected chi connectivity index (χ0v) is 89.5. The summed E-state index contributed by atoms with van der Waals surface area (Å²) in [6.45, 7) is 18.2. The molecule has 0 bridgehead atoms. The van der Waals surface area contributed by atoms with E-state index >= 15 is 38.4 Å². The quantitative estimate of drug-likeness (QED) is 0.00959. The van der Waals surface area contributed by atoms with Crippen molar-refractivity contribution in [3.63, 3.8) is 0 Å². The lowest BCUT2D eigenvalue weighted by Crippen LogP contribution is -2.61. The van der Waals surface area contributed by atoms with Gasteiger partial charge in [0, 0.05) is 19.4 Å². The summed E-state index contributed by atoms with van der Waals surface area (Å²) in [4.78, 5) is 172. The Kier molecular flexibility index (Phi) is 47.2. The number of unbranched alkanes of at least 4 members (excludes halogenated alkanes) is 18. The van der Waals surface area contributed by atoms with Gasteiger partial charge < -0.3 is 78.0 Å². The molecule has 11 amide bonds. The molecule has 0 saturated carbocycles. The number of likely N-dealkylation sites (tertiary alicyclic amines) is 1. The van der Waals surface area contributed by atoms with Crippen LogP contribution in [0.25, 0.3) is 0 Å². The second kappa shape index (κ2) is 60.8. The highest BCUT2D eigenvalue weighted by Gasteiger charge is 2.45. The van der Waals surface area contributed by atoms with Crippen molar-refractivity contribution in [3.05, 3.63) is 317 Å². The first-order chi connectivity index (χ1) is 72.6. The average molecular weight is 2040 g/mol. The summed E-state index contributed by atoms with van der Waals surface area (Å²) in [5.74, 6) is -7.54. The van der Waals surface area contributed by atoms with E-state index in [4.69, 9.17) is 19.9 Å². The first-order valence-electron chi connectivity index (χ1n) is 54.9. The predicted molar refractivity (Wildman–Crippen MR) is 591 cm³/mol. The summed E-state index contributed by atoms with van der Waals surface area (Å²) in [6, 6.07) is 65.4. The van der Waals surface area contributed by atoms with E-state index in [1.807, 2.05) is 272 Å². The number of nitrogens with one attached hydrogen (secondary N) is 10. The van der Waals surface area contributed by atoms with Crippen molar-refractivity contribution in [1.29, 1.82) is 0 Å². The summed E-state index contributed by atoms with van der Waals surface area (Å²) < 4.78 is 18.6. The van der Waals surface area contributed by atoms with Crippen molar-refractivity contribution >= 4 is 65.0 Å². The molecule has 0 spiro atoms. The number of carbonyl (C=O) groups is 11. The van der Waals surface area contributed by atoms with Crippen molar-refractivity contribution in [3.8, 4) is 17.2 Å². The summed E-state index contributed by atoms with van der Waals surface area (Å²) in [6.07, 6.45) is 25.6. The monoisotopic (exact) mass is 2040 g/mol. The Morgan fingerprint density at radius 3 is 1.28 bits per heavy atom. The molecule has 3 unspecified atom stereocenters. The molecule has 1 saturated heterocycles. The van der Waals surface area contributed by atoms with E-state index in [-0.39, 0.29) is 57.4 Å². The molecule has 2 heterocycles. The second-order valence-corrected chi connectivity index (χ2v) is 41.6. The van der Waals surface area contributed by atoms with Gasteiger partial charge in [-0.1, -0.05) is 394 Å². The molecule has 0 aliphatic carbocycles. The van der Waals surface area contributed by atoms with Gasteiger partial charge in [0.15, 0.2) is 0 Å². The van der Waals surface area contributed by atoms with Gasteiger partial charge in [-0.05, 0) is 170 Å². The Balaban J connectivity index is 0.900. The van der Waals surface area contributed by atoms with Crippen LogP contribution in [-0.2, 0) is 70.2 Å². The Labute approximate surface area is 888 Å². The van der Waals surface area contributed by atoms with Crippen molar-refractivity contribution in [2.75, 3.05) is 26.3 Å². The van der Waals surface area contributed by atoms with Gasteiger partial charge >= 0.3 is 0 Å². The van der Waals surface area contributed by atoms with Crippen LogP contribution in [0.5, 0.6) is 17.2 Å². The lowest BCUT2D eigenvalue weighted by atomic mass is 9.77. The number of hydrogen-bond acceptors (Lipinski definition) is 15. The highest BCUT2D eigenvalue weighted by molar-refractivity contribution is 6.00. The SMILES string of the molecule is CCCCCCCCCCCCOc1ccc(C(NC(=O)CNC(=O)[C@H](CC(C)C)NC(=O)[C@@H]2CCCN2C(=O)C2C/C=C\C[C@H](N)C(=O)NC(Cc3ccc(OC(C)(C)C)cc3)C(=O)N[C@@H]([C@@H](C)CC)C(=O)N[C@@H](CCC(=O)NC(c3ccccc3)(c3ccccc3)c3ccccc3)C(=O)NC(CC(=O)NC(c3ccccc3)(c3ccccc3)c3ccccc3)C(=O)N2)c2ccc(OCCCCCCCCCCCC)cc2)cc1. The number of benzene rings is 9. The van der Waals surface area contributed by atoms with Crippen LogP contribution in [0.3, 0.4) is 0 Å². The van der Waals surface area contributed by atoms with Crippen LogP contribution in [0.4, 0.5) is 0 Å². The fourth-order valence-electron chi connectivity index (χ4n) is 19.8. The van der Waals surface area contributed by atoms with Crippen LogP contribution in [0, 0.1) is 11.8 Å². The maximum absolute atomic E-state index is 16.3. The average Bonchev–Trinajstić information content (AvgIpc) is 0.785. The summed E-state index contributed by atoms with van der Waals surface area (Å²) in [7, 11) is 0. The van der Waals surface area contributed by atoms with Crippen molar-refractivity contribution in [1.82, 2.24) is 58.1 Å². The van der Waals surface area contributed by atoms with E-state index in [9.17, 15) is 14.4 Å². The van der Waals surface area contributed by atoms with E-state index in [2.05, 4.69) is 67.0 Å². The standard InChI is InChI=1S/C124H162N12O14/c1-10-13-15-17-19-21-23-25-27-49-82-148-99-75-69-91(70-76-99)113(92-71-77-100(78-72-92)149-83-50-28-26-24-22-20-18-16-14-11-2)132-111(139)87-126-115(141)105(84-88(4)5)131-119(145)108-66-51-81-136(108)121(147)104-65-48-47-64-102(125)114(140)129-106(85-90-67-73-101(74-68-90)150-122(7,8)9)118(144)133-112(89(6)12-3)120(146)127-103(79-80-109(137)134-123(93-52-35-29-36-53-93,94-54-37-30-38-55-94)95-56-39-31-40-57-95)116(142)130-107(117(143)128-104)86-110(138)135-124(96-58-41-32-42-59-96,97-60-43-33-44-61-97)98-62-45-34-46-63-98/h29-48,52-63,67-78,88-89,102-108,112-113H,10-28,49-51,64-66,79-87,125H2,1-9H3,(H,126,141)(H,127,146)(H,128,143)(H,129,140)(H,130,142)(H,131,145)(H,132,139)(H,133,144)(H,134,137)(H,135,138)/b48-47-/t89-,102-,103-,104?,105-,106?,107?,108-,112-/m0/s1. The molecule has 9 atom stereocenters. The van der Waals surface area contributed by atoms with E-state index in [0.717, 1.165) is 36.8 Å². The molecular weight excluding hydrogens is 1880 g/mol. The Hall–Kier alpha value is -13.8. The maximum atomic E-state index is 16.3. The molecule has 12 N–H and O–H groups in total. The van der Waals surface area contributed by atoms with Gasteiger partial charge in [0.25, 0.3) is 0 Å². The molecule has 1 fully saturated rings. The molecular formula is C124H162N12O14. The van der Waals surface area contributed by atoms with Crippen molar-refractivity contribution in [2.45, 2.75) is 326 Å². The van der Waals surface area contributed by atoms with Gasteiger partial charge in [0.05, 0.1) is 38.3 Å². The first-order valence-corrected chi connectivity index (χ1v) is 54.9. The lowest BCUT2D eigenvalue weighted by molar-refractivity contribution is -0.142. The van der Waals surface area contributed by atoms with Gasteiger partial charge in [0.2, 0.25) is 65.0 Å². The van der Waals surface area contributed by atoms with E-state index in [1.165, 1.54) is 114 Å². The fraction of sp³-hybridized carbons (Fsp3) is 0.460. The largest absolute Gasteiger partial charge is 0.494 e. The minimum absolute atomic E-state index is 0.0206. The van der Waals surface area contributed by atoms with E-state index in [1.54, 1.807) is 37.3 Å². The van der Waals surface area contributed by atoms with Crippen LogP contribution < -0.4 is 73.1 Å². The number of ether oxygens (including phenoxy) is 3. The number of hydrogen-bond donors (Lipinski definition) is 11. The molecule has 0 aromatic heterocycles. The number of carbonyl (C=O) groups excluding carboxylic acids is 11. The molecule has 11 rings (SSSR count). The second-order valence-electron chi connectivity index (χ2n) is 41.6. The third-order valence-corrected chi connectivity index (χ3v) is 28.2. The normalized spacial score (nSPS) is 17.8. The van der Waals surface area contributed by atoms with Crippen LogP contribution in [0.1, 0.15) is 305 Å². The number of nitrogens with two attached hydrogens (primary N) is 1. The van der Waals surface area contributed by atoms with Crippen LogP contribution in [0.2, 0.25) is 0 Å². The highest BCUT2D eigenvalue weighted by Crippen LogP contribution is 2.40. The van der Waals surface area contributed by atoms with Crippen LogP contribution >= 0.6 is 0 Å². The third-order valence-electron chi connectivity index (χ3n) is 28.2. The lowest BCUT2D eigenvalue weighted by Gasteiger charge is -2.37. The maximum Gasteiger partial charge on any atom is 0.246 e. The van der Waals surface area contributed by atoms with Gasteiger partial charge in [0.1, 0.15) is 76.2 Å². The van der Waals surface area contributed by atoms with Crippen LogP contribution in [0.15, 0.2) is 267 Å². The molecule has 0 radical (unpaired) electrons. The van der Waals surface area contributed by atoms with Gasteiger partial charge in [-0.3, -0.25) is 52.7 Å². The molecule has 150 heavy (non-hydrogen) atoms. The molecule has 2 aliphatic heterocycles. The Bertz CT molecular complexity index is 5440. The zero-order valence-electron chi connectivity index (χ0n) is 89.5. The molecule has 9 aromatic rings. The van der Waals surface area contributed by atoms with Gasteiger partial charge in [-0.25, -0.2) is 0 Å². The highest BCUT2D eigenvalue weighted by atomic mass is 16.5. The summed E-state index contributed by atoms with van der Waals surface area (Å²) in [5, 5.41) is 30.1. The van der Waals surface area contributed by atoms with E-state index in [0.29, 0.717) is 69.4 Å². The zero-order chi connectivity index (χ0) is 107. The van der Waals surface area contributed by atoms with Gasteiger partial charge in [-0.2, -0.15) is 0 Å². The Morgan fingerprint density at radius 1 is 0.433 bits per heavy atom.